The van der Waals surface area contributed by atoms with Gasteiger partial charge in [0.05, 0.1) is 30.6 Å². The van der Waals surface area contributed by atoms with Crippen LogP contribution in [0.15, 0.2) is 91.5 Å². The second-order valence-electron chi connectivity index (χ2n) is 27.7. The number of unbranched alkanes of at least 4 members (excludes halogenated alkanes) is 1. The molecule has 2 fully saturated rings. The van der Waals surface area contributed by atoms with Crippen LogP contribution in [0.4, 0.5) is 0 Å². The fraction of sp³-hybridized carbons (Fsp3) is 0.405. The molecule has 0 bridgehead atoms. The van der Waals surface area contributed by atoms with Crippen molar-refractivity contribution in [2.75, 3.05) is 32.8 Å². The minimum Gasteiger partial charge on any atom is -0.508 e. The third kappa shape index (κ3) is 21.7. The summed E-state index contributed by atoms with van der Waals surface area (Å²) in [4.78, 5) is 206. The first-order valence-corrected chi connectivity index (χ1v) is 36.0. The molecule has 0 radical (unpaired) electrons. The van der Waals surface area contributed by atoms with Crippen molar-refractivity contribution in [2.24, 2.45) is 17.4 Å². The average molecular weight is 1540 g/mol. The number of para-hydroxylation sites is 1. The van der Waals surface area contributed by atoms with Gasteiger partial charge in [-0.25, -0.2) is 4.98 Å². The number of benzene rings is 4. The van der Waals surface area contributed by atoms with E-state index in [0.29, 0.717) is 34.1 Å². The molecule has 2 aromatic heterocycles. The lowest BCUT2D eigenvalue weighted by Crippen LogP contribution is -2.61. The molecule has 12 amide bonds. The minimum absolute atomic E-state index is 0.0227. The summed E-state index contributed by atoms with van der Waals surface area (Å²) in [5, 5.41) is 90.0. The average Bonchev–Trinajstić information content (AvgIpc) is 1.54. The molecule has 4 aromatic carbocycles. The van der Waals surface area contributed by atoms with Crippen LogP contribution in [-0.4, -0.2) is 221 Å². The Balaban J connectivity index is 0.973. The Morgan fingerprint density at radius 1 is 0.613 bits per heavy atom. The summed E-state index contributed by atoms with van der Waals surface area (Å²) < 4.78 is 0. The number of phenolic OH excluding ortho intramolecular Hbond substituents is 4. The number of H-pyrrole nitrogens is 2. The van der Waals surface area contributed by atoms with Gasteiger partial charge in [0, 0.05) is 97.1 Å². The van der Waals surface area contributed by atoms with Crippen molar-refractivity contribution in [2.45, 2.75) is 152 Å². The first kappa shape index (κ1) is 82.1. The number of carbonyl (C=O) groups excluding carboxylic acids is 14. The lowest BCUT2D eigenvalue weighted by molar-refractivity contribution is -0.142. The molecule has 2 aliphatic heterocycles. The van der Waals surface area contributed by atoms with Crippen molar-refractivity contribution in [3.63, 3.8) is 0 Å². The monoisotopic (exact) mass is 1530 g/mol. The van der Waals surface area contributed by atoms with E-state index >= 15 is 9.59 Å². The Morgan fingerprint density at radius 2 is 1.22 bits per heavy atom. The number of aliphatic hydroxyl groups excluding tert-OH is 1. The number of aromatic nitrogens is 3. The molecule has 111 heavy (non-hydrogen) atoms. The zero-order valence-corrected chi connectivity index (χ0v) is 60.7. The van der Waals surface area contributed by atoms with E-state index in [0.717, 1.165) is 24.3 Å². The highest BCUT2D eigenvalue weighted by Crippen LogP contribution is 2.39. The summed E-state index contributed by atoms with van der Waals surface area (Å²) >= 11 is 0. The van der Waals surface area contributed by atoms with E-state index < -0.39 is 184 Å². The number of carbonyl (C=O) groups is 14. The zero-order chi connectivity index (χ0) is 80.3. The second kappa shape index (κ2) is 37.7. The Labute approximate surface area is 634 Å². The molecule has 4 heterocycles. The maximum absolute atomic E-state index is 15.2. The number of primary amides is 1. The number of likely N-dealkylation sites (tertiary alicyclic amines) is 1. The summed E-state index contributed by atoms with van der Waals surface area (Å²) in [5.74, 6) is -14.9. The highest BCUT2D eigenvalue weighted by atomic mass is 16.3. The van der Waals surface area contributed by atoms with Crippen molar-refractivity contribution in [3.8, 4) is 23.0 Å². The van der Waals surface area contributed by atoms with Gasteiger partial charge in [0.15, 0.2) is 11.7 Å². The number of nitrogens with zero attached hydrogens (tertiary/aromatic N) is 2. The van der Waals surface area contributed by atoms with Gasteiger partial charge in [0.25, 0.3) is 5.91 Å². The molecular formula is C74H90N18O19. The number of amides is 12. The van der Waals surface area contributed by atoms with Crippen LogP contribution in [0.1, 0.15) is 137 Å². The number of guanidine groups is 1. The van der Waals surface area contributed by atoms with Crippen LogP contribution in [0.5, 0.6) is 23.0 Å². The number of nitrogens with one attached hydrogen (secondary N) is 14. The largest absolute Gasteiger partial charge is 0.508 e. The van der Waals surface area contributed by atoms with Gasteiger partial charge in [-0.2, -0.15) is 0 Å². The standard InChI is InChI=1S/C74H90N18O19/c1-36(2)23-50(67(105)86-49(12-7-21-80-74(76)77)73(111)92-22-8-13-55(92)72(110)82-33-58(75)98)87-65(103)47(11-5-6-20-79-64(102)38-25-44-60(56(96)27-38)63(101)61-45(62(44)100)29-42(95)30-57(61)97)85-68(106)51(24-37-14-16-41(94)17-15-37)88-71(109)54(34-93)91-69(107)52(26-39-31-81-46-10-4-3-9-43(39)46)89-70(108)53(28-40-32-78-35-83-40)90-66(104)48-18-19-59(99)84-48/h3-4,9-10,14-17,25,27,29-32,35-36,47-55,81,93-97H,5-8,11-13,18-24,26,28,33-34H2,1-2H3,(H2,75,98)(H,78,83)(H,79,102)(H,82,110)(H,84,99)(H,85,106)(H,86,105)(H,87,103)(H,88,109)(H,89,108)(H,90,104)(H,91,107)(H4,76,77,80)/t47-,48-,49-,50-,51-,52-,53-,54-,55-/m0/s1. The van der Waals surface area contributed by atoms with Crippen LogP contribution in [-0.2, 0) is 72.0 Å². The van der Waals surface area contributed by atoms with Gasteiger partial charge in [-0.3, -0.25) is 72.5 Å². The van der Waals surface area contributed by atoms with Crippen LogP contribution in [0, 0.1) is 11.3 Å². The van der Waals surface area contributed by atoms with Gasteiger partial charge in [-0.15, -0.1) is 0 Å². The lowest BCUT2D eigenvalue weighted by atomic mass is 9.82. The van der Waals surface area contributed by atoms with Gasteiger partial charge in [0.2, 0.25) is 70.8 Å². The Bertz CT molecular complexity index is 4530. The van der Waals surface area contributed by atoms with Crippen molar-refractivity contribution < 1.29 is 92.7 Å². The van der Waals surface area contributed by atoms with E-state index in [1.54, 1.807) is 44.3 Å². The Kier molecular flexibility index (Phi) is 27.9. The number of nitrogens with two attached hydrogens (primary N) is 2. The number of fused-ring (bicyclic) bond motifs is 3. The van der Waals surface area contributed by atoms with Gasteiger partial charge < -0.3 is 110 Å². The van der Waals surface area contributed by atoms with Crippen LogP contribution < -0.4 is 70.0 Å². The highest BCUT2D eigenvalue weighted by molar-refractivity contribution is 6.31. The number of aromatic hydroxyl groups is 4. The number of hydrogen-bond donors (Lipinski definition) is 21. The molecule has 2 saturated heterocycles. The van der Waals surface area contributed by atoms with Crippen molar-refractivity contribution >= 4 is 99.3 Å². The summed E-state index contributed by atoms with van der Waals surface area (Å²) in [6, 6.07) is 3.19. The fourth-order valence-corrected chi connectivity index (χ4v) is 13.3. The molecule has 1 aliphatic carbocycles. The summed E-state index contributed by atoms with van der Waals surface area (Å²) in [6.45, 7) is 1.81. The van der Waals surface area contributed by atoms with Crippen molar-refractivity contribution in [3.05, 3.63) is 136 Å². The maximum atomic E-state index is 15.2. The molecule has 23 N–H and O–H groups in total. The maximum Gasteiger partial charge on any atom is 0.251 e. The molecule has 590 valence electrons. The predicted molar refractivity (Wildman–Crippen MR) is 394 cm³/mol. The first-order chi connectivity index (χ1) is 53.0. The van der Waals surface area contributed by atoms with E-state index in [9.17, 15) is 83.1 Å². The Morgan fingerprint density at radius 3 is 1.87 bits per heavy atom. The number of aliphatic hydroxyl groups is 1. The summed E-state index contributed by atoms with van der Waals surface area (Å²) in [7, 11) is 0. The normalized spacial score (nSPS) is 16.2. The Hall–Kier alpha value is -13.0. The molecule has 9 atom stereocenters. The number of imidazole rings is 1. The number of ketones is 2. The topological polar surface area (TPSA) is 596 Å². The summed E-state index contributed by atoms with van der Waals surface area (Å²) in [5.41, 5.74) is 10.7. The molecule has 0 spiro atoms. The van der Waals surface area contributed by atoms with E-state index in [-0.39, 0.29) is 125 Å². The van der Waals surface area contributed by atoms with E-state index in [2.05, 4.69) is 73.4 Å². The van der Waals surface area contributed by atoms with Gasteiger partial charge in [0.1, 0.15) is 77.4 Å². The molecule has 3 aliphatic rings. The lowest BCUT2D eigenvalue weighted by Gasteiger charge is -2.31. The van der Waals surface area contributed by atoms with Gasteiger partial charge >= 0.3 is 0 Å². The van der Waals surface area contributed by atoms with Crippen LogP contribution in [0.2, 0.25) is 0 Å². The van der Waals surface area contributed by atoms with Gasteiger partial charge in [-0.05, 0) is 111 Å². The number of rotatable bonds is 37. The number of aromatic amines is 2. The molecule has 0 unspecified atom stereocenters. The fourth-order valence-electron chi connectivity index (χ4n) is 13.3. The quantitative estimate of drug-likeness (QED) is 0.0110. The molecule has 0 saturated carbocycles. The van der Waals surface area contributed by atoms with Crippen molar-refractivity contribution in [1.29, 1.82) is 5.41 Å². The third-order valence-electron chi connectivity index (χ3n) is 19.0. The molecule has 37 nitrogen and oxygen atoms in total. The molecule has 37 heteroatoms. The minimum atomic E-state index is -1.89. The van der Waals surface area contributed by atoms with Gasteiger partial charge in [-0.1, -0.05) is 44.2 Å². The summed E-state index contributed by atoms with van der Waals surface area (Å²) in [6.07, 6.45) is 4.02. The van der Waals surface area contributed by atoms with Crippen molar-refractivity contribution in [1.82, 2.24) is 78.3 Å². The van der Waals surface area contributed by atoms with E-state index in [1.165, 1.54) is 41.7 Å². The van der Waals surface area contributed by atoms with Crippen LogP contribution >= 0.6 is 0 Å². The smallest absolute Gasteiger partial charge is 0.251 e. The first-order valence-electron chi connectivity index (χ1n) is 36.0. The SMILES string of the molecule is CC(C)C[C@H](NC(=O)[C@H](CCCCNC(=O)c1cc(O)c2c(c1)C(=O)c1cc(O)cc(O)c1C2=O)NC(=O)[C@H](Cc1ccc(O)cc1)NC(=O)[C@H](CO)NC(=O)[C@H](Cc1c[nH]c2ccccc12)NC(=O)[C@H](Cc1cnc[nH]1)NC(=O)[C@@H]1CCC(=O)N1)C(=O)N[C@@H](CCCNC(=N)N)C(=O)N1CCC[C@H]1C(=O)NCC(N)=O. The number of hydrogen-bond acceptors (Lipinski definition) is 21. The molecule has 9 rings (SSSR count). The molecule has 6 aromatic rings. The van der Waals surface area contributed by atoms with Crippen LogP contribution in [0.25, 0.3) is 10.9 Å². The van der Waals surface area contributed by atoms with E-state index in [4.69, 9.17) is 16.9 Å². The third-order valence-corrected chi connectivity index (χ3v) is 19.0. The van der Waals surface area contributed by atoms with E-state index in [1.807, 2.05) is 0 Å². The second-order valence-corrected chi connectivity index (χ2v) is 27.7. The highest BCUT2D eigenvalue weighted by Gasteiger charge is 2.41. The molecular weight excluding hydrogens is 1440 g/mol. The zero-order valence-electron chi connectivity index (χ0n) is 60.7. The van der Waals surface area contributed by atoms with Crippen LogP contribution in [0.3, 0.4) is 0 Å². The predicted octanol–water partition coefficient (Wildman–Crippen LogP) is -2.32. The number of phenols is 4.